The van der Waals surface area contributed by atoms with E-state index in [1.807, 2.05) is 11.8 Å². The van der Waals surface area contributed by atoms with E-state index in [-0.39, 0.29) is 0 Å². The van der Waals surface area contributed by atoms with Gasteiger partial charge < -0.3 is 10.1 Å². The largest absolute Gasteiger partial charge is 0.376 e. The molecule has 0 aliphatic carbocycles. The van der Waals surface area contributed by atoms with Crippen molar-refractivity contribution in [1.29, 1.82) is 0 Å². The van der Waals surface area contributed by atoms with E-state index in [0.717, 1.165) is 24.7 Å². The molecule has 0 amide bonds. The van der Waals surface area contributed by atoms with Crippen LogP contribution in [0.4, 0.5) is 0 Å². The predicted octanol–water partition coefficient (Wildman–Crippen LogP) is 1.24. The Morgan fingerprint density at radius 2 is 2.38 bits per heavy atom. The zero-order valence-electron chi connectivity index (χ0n) is 8.12. The first-order valence-electron chi connectivity index (χ1n) is 4.85. The highest BCUT2D eigenvalue weighted by atomic mass is 32.2. The first kappa shape index (κ1) is 9.34. The molecule has 3 atom stereocenters. The van der Waals surface area contributed by atoms with Crippen molar-refractivity contribution >= 4 is 16.9 Å². The third kappa shape index (κ3) is 2.17. The fourth-order valence-electron chi connectivity index (χ4n) is 1.64. The van der Waals surface area contributed by atoms with E-state index in [1.54, 1.807) is 0 Å². The van der Waals surface area contributed by atoms with Crippen LogP contribution in [0.15, 0.2) is 4.99 Å². The summed E-state index contributed by atoms with van der Waals surface area (Å²) in [6.45, 7) is 6.16. The molecule has 3 nitrogen and oxygen atoms in total. The monoisotopic (exact) mass is 200 g/mol. The molecule has 2 aliphatic heterocycles. The van der Waals surface area contributed by atoms with Gasteiger partial charge in [-0.1, -0.05) is 18.7 Å². The minimum absolute atomic E-state index is 0.333. The van der Waals surface area contributed by atoms with Crippen molar-refractivity contribution in [1.82, 2.24) is 5.32 Å². The van der Waals surface area contributed by atoms with E-state index >= 15 is 0 Å². The van der Waals surface area contributed by atoms with Crippen LogP contribution in [-0.4, -0.2) is 35.7 Å². The molecule has 2 heterocycles. The smallest absolute Gasteiger partial charge is 0.157 e. The predicted molar refractivity (Wildman–Crippen MR) is 56.3 cm³/mol. The molecule has 1 fully saturated rings. The van der Waals surface area contributed by atoms with E-state index < -0.39 is 0 Å². The fraction of sp³-hybridized carbons (Fsp3) is 0.889. The Labute approximate surface area is 83.3 Å². The van der Waals surface area contributed by atoms with Crippen molar-refractivity contribution in [3.63, 3.8) is 0 Å². The third-order valence-corrected chi connectivity index (χ3v) is 3.51. The number of ether oxygens (including phenoxy) is 1. The van der Waals surface area contributed by atoms with Gasteiger partial charge in [-0.25, -0.2) is 0 Å². The Bertz CT molecular complexity index is 220. The van der Waals surface area contributed by atoms with Gasteiger partial charge in [0, 0.05) is 11.9 Å². The molecule has 2 aliphatic rings. The highest BCUT2D eigenvalue weighted by Crippen LogP contribution is 2.21. The van der Waals surface area contributed by atoms with Crippen LogP contribution in [0.25, 0.3) is 0 Å². The van der Waals surface area contributed by atoms with Crippen LogP contribution in [0.5, 0.6) is 0 Å². The molecule has 0 spiro atoms. The molecule has 1 saturated heterocycles. The molecule has 2 rings (SSSR count). The van der Waals surface area contributed by atoms with Crippen LogP contribution in [0.2, 0.25) is 0 Å². The molecule has 1 N–H and O–H groups in total. The van der Waals surface area contributed by atoms with Crippen LogP contribution in [0.1, 0.15) is 20.3 Å². The summed E-state index contributed by atoms with van der Waals surface area (Å²) in [6, 6.07) is 0.469. The van der Waals surface area contributed by atoms with Crippen molar-refractivity contribution in [2.75, 3.05) is 13.2 Å². The molecular weight excluding hydrogens is 184 g/mol. The molecule has 0 aromatic heterocycles. The minimum Gasteiger partial charge on any atom is -0.376 e. The van der Waals surface area contributed by atoms with E-state index in [1.165, 1.54) is 0 Å². The van der Waals surface area contributed by atoms with Crippen LogP contribution in [0, 0.1) is 0 Å². The maximum absolute atomic E-state index is 5.48. The van der Waals surface area contributed by atoms with Gasteiger partial charge >= 0.3 is 0 Å². The van der Waals surface area contributed by atoms with Crippen LogP contribution >= 0.6 is 11.8 Å². The summed E-state index contributed by atoms with van der Waals surface area (Å²) >= 11 is 1.84. The average Bonchev–Trinajstić information content (AvgIpc) is 2.64. The molecular formula is C9H16N2OS. The fourth-order valence-corrected chi connectivity index (χ4v) is 2.53. The van der Waals surface area contributed by atoms with Crippen molar-refractivity contribution in [3.8, 4) is 0 Å². The van der Waals surface area contributed by atoms with E-state index in [4.69, 9.17) is 4.74 Å². The Hall–Kier alpha value is -0.220. The molecule has 13 heavy (non-hydrogen) atoms. The van der Waals surface area contributed by atoms with E-state index in [9.17, 15) is 0 Å². The molecule has 0 saturated carbocycles. The molecule has 0 aromatic rings. The van der Waals surface area contributed by atoms with E-state index in [2.05, 4.69) is 24.2 Å². The van der Waals surface area contributed by atoms with E-state index in [0.29, 0.717) is 17.4 Å². The summed E-state index contributed by atoms with van der Waals surface area (Å²) in [6.07, 6.45) is 1.44. The summed E-state index contributed by atoms with van der Waals surface area (Å²) in [7, 11) is 0. The second-order valence-electron chi connectivity index (χ2n) is 3.69. The summed E-state index contributed by atoms with van der Waals surface area (Å²) < 4.78 is 5.48. The van der Waals surface area contributed by atoms with Crippen molar-refractivity contribution in [2.24, 2.45) is 4.99 Å². The summed E-state index contributed by atoms with van der Waals surface area (Å²) in [5, 5.41) is 5.19. The maximum Gasteiger partial charge on any atom is 0.157 e. The van der Waals surface area contributed by atoms with Gasteiger partial charge in [-0.2, -0.15) is 0 Å². The number of nitrogens with one attached hydrogen (secondary N) is 1. The van der Waals surface area contributed by atoms with Crippen molar-refractivity contribution in [3.05, 3.63) is 0 Å². The topological polar surface area (TPSA) is 33.6 Å². The van der Waals surface area contributed by atoms with Gasteiger partial charge in [0.1, 0.15) is 0 Å². The number of aliphatic imine (C=N–C) groups is 1. The summed E-state index contributed by atoms with van der Waals surface area (Å²) in [5.41, 5.74) is 0. The number of hydrogen-bond donors (Lipinski definition) is 1. The number of rotatable bonds is 1. The normalized spacial score (nSPS) is 39.2. The highest BCUT2D eigenvalue weighted by molar-refractivity contribution is 8.14. The molecule has 0 bridgehead atoms. The zero-order valence-corrected chi connectivity index (χ0v) is 8.93. The van der Waals surface area contributed by atoms with Crippen molar-refractivity contribution in [2.45, 2.75) is 37.7 Å². The van der Waals surface area contributed by atoms with Gasteiger partial charge in [-0.05, 0) is 13.3 Å². The quantitative estimate of drug-likeness (QED) is 0.691. The molecule has 74 valence electrons. The second kappa shape index (κ2) is 3.88. The Morgan fingerprint density at radius 1 is 1.54 bits per heavy atom. The lowest BCUT2D eigenvalue weighted by Gasteiger charge is -2.16. The van der Waals surface area contributed by atoms with Gasteiger partial charge in [-0.15, -0.1) is 0 Å². The van der Waals surface area contributed by atoms with Crippen LogP contribution < -0.4 is 5.32 Å². The highest BCUT2D eigenvalue weighted by Gasteiger charge is 2.26. The molecule has 0 radical (unpaired) electrons. The Balaban J connectivity index is 1.84. The average molecular weight is 200 g/mol. The maximum atomic E-state index is 5.48. The van der Waals surface area contributed by atoms with Crippen molar-refractivity contribution < 1.29 is 4.74 Å². The Kier molecular flexibility index (Phi) is 2.79. The second-order valence-corrected chi connectivity index (χ2v) is 5.12. The minimum atomic E-state index is 0.333. The third-order valence-electron chi connectivity index (χ3n) is 2.49. The lowest BCUT2D eigenvalue weighted by molar-refractivity contribution is 0.116. The molecule has 3 unspecified atom stereocenters. The standard InChI is InChI=1S/C9H16N2OS/c1-6-5-10-9(13-6)11-8-3-4-12-7(8)2/h6-8H,3-5H2,1-2H3,(H,10,11). The van der Waals surface area contributed by atoms with Gasteiger partial charge in [0.05, 0.1) is 18.7 Å². The lowest BCUT2D eigenvalue weighted by atomic mass is 10.2. The molecule has 4 heteroatoms. The lowest BCUT2D eigenvalue weighted by Crippen LogP contribution is -2.37. The van der Waals surface area contributed by atoms with Gasteiger partial charge in [0.15, 0.2) is 5.17 Å². The van der Waals surface area contributed by atoms with Gasteiger partial charge in [-0.3, -0.25) is 4.99 Å². The summed E-state index contributed by atoms with van der Waals surface area (Å²) in [5.74, 6) is 0. The van der Waals surface area contributed by atoms with Crippen LogP contribution in [0.3, 0.4) is 0 Å². The van der Waals surface area contributed by atoms with Gasteiger partial charge in [0.2, 0.25) is 0 Å². The number of amidine groups is 1. The zero-order chi connectivity index (χ0) is 9.26. The number of thioether (sulfide) groups is 1. The SMILES string of the molecule is CC1CN=C(NC2CCOC2C)S1. The first-order valence-corrected chi connectivity index (χ1v) is 5.73. The first-order chi connectivity index (χ1) is 6.25. The summed E-state index contributed by atoms with van der Waals surface area (Å²) in [4.78, 5) is 4.43. The number of nitrogens with zero attached hydrogens (tertiary/aromatic N) is 1. The van der Waals surface area contributed by atoms with Crippen LogP contribution in [-0.2, 0) is 4.74 Å². The molecule has 0 aromatic carbocycles. The number of hydrogen-bond acceptors (Lipinski definition) is 4. The Morgan fingerprint density at radius 3 is 2.92 bits per heavy atom. The van der Waals surface area contributed by atoms with Gasteiger partial charge in [0.25, 0.3) is 0 Å².